The summed E-state index contributed by atoms with van der Waals surface area (Å²) in [5.41, 5.74) is 0. The predicted molar refractivity (Wildman–Crippen MR) is 65.6 cm³/mol. The topological polar surface area (TPSA) is 37.2 Å². The van der Waals surface area contributed by atoms with Crippen LogP contribution in [0.1, 0.15) is 24.4 Å². The van der Waals surface area contributed by atoms with Crippen LogP contribution in [0.5, 0.6) is 0 Å². The highest BCUT2D eigenvalue weighted by molar-refractivity contribution is 5.05. The lowest BCUT2D eigenvalue weighted by molar-refractivity contribution is 0.355. The fourth-order valence-corrected chi connectivity index (χ4v) is 2.22. The molecule has 0 atom stereocenters. The van der Waals surface area contributed by atoms with Gasteiger partial charge in [-0.3, -0.25) is 0 Å². The van der Waals surface area contributed by atoms with Gasteiger partial charge in [0.2, 0.25) is 0 Å². The second-order valence-corrected chi connectivity index (χ2v) is 4.66. The highest BCUT2D eigenvalue weighted by Gasteiger charge is 2.11. The number of hydrogen-bond acceptors (Lipinski definition) is 3. The first kappa shape index (κ1) is 11.7. The van der Waals surface area contributed by atoms with Crippen molar-refractivity contribution < 1.29 is 4.42 Å². The lowest BCUT2D eigenvalue weighted by Crippen LogP contribution is -2.34. The molecule has 1 aromatic heterocycles. The molecular weight excluding hydrogens is 200 g/mol. The van der Waals surface area contributed by atoms with Crippen molar-refractivity contribution >= 4 is 0 Å². The highest BCUT2D eigenvalue weighted by Crippen LogP contribution is 2.10. The minimum absolute atomic E-state index is 0.861. The lowest BCUT2D eigenvalue weighted by Gasteiger charge is -2.22. The van der Waals surface area contributed by atoms with E-state index in [0.717, 1.165) is 36.9 Å². The standard InChI is InChI=1S/C13H22N2O/c1-11-2-3-13(16-11)6-9-15-10-12-4-7-14-8-5-12/h2-3,12,14-15H,4-10H2,1H3. The molecule has 1 aliphatic rings. The summed E-state index contributed by atoms with van der Waals surface area (Å²) in [6, 6.07) is 4.10. The number of piperidine rings is 1. The second-order valence-electron chi connectivity index (χ2n) is 4.66. The molecular formula is C13H22N2O. The van der Waals surface area contributed by atoms with E-state index in [2.05, 4.69) is 16.7 Å². The van der Waals surface area contributed by atoms with Crippen molar-refractivity contribution in [3.63, 3.8) is 0 Å². The maximum absolute atomic E-state index is 5.53. The number of hydrogen-bond donors (Lipinski definition) is 2. The van der Waals surface area contributed by atoms with E-state index in [0.29, 0.717) is 0 Å². The average Bonchev–Trinajstić information content (AvgIpc) is 2.72. The Morgan fingerprint density at radius 2 is 2.19 bits per heavy atom. The van der Waals surface area contributed by atoms with Crippen molar-refractivity contribution in [2.24, 2.45) is 5.92 Å². The van der Waals surface area contributed by atoms with Gasteiger partial charge < -0.3 is 15.1 Å². The highest BCUT2D eigenvalue weighted by atomic mass is 16.3. The van der Waals surface area contributed by atoms with Crippen molar-refractivity contribution in [1.29, 1.82) is 0 Å². The third-order valence-electron chi connectivity index (χ3n) is 3.24. The van der Waals surface area contributed by atoms with Crippen LogP contribution < -0.4 is 10.6 Å². The fourth-order valence-electron chi connectivity index (χ4n) is 2.22. The molecule has 3 nitrogen and oxygen atoms in total. The lowest BCUT2D eigenvalue weighted by atomic mass is 9.98. The molecule has 90 valence electrons. The molecule has 1 saturated heterocycles. The minimum atomic E-state index is 0.861. The van der Waals surface area contributed by atoms with Gasteiger partial charge in [-0.2, -0.15) is 0 Å². The molecule has 2 heterocycles. The maximum Gasteiger partial charge on any atom is 0.105 e. The zero-order valence-electron chi connectivity index (χ0n) is 10.1. The first-order valence-electron chi connectivity index (χ1n) is 6.31. The summed E-state index contributed by atoms with van der Waals surface area (Å²) in [6.45, 7) is 6.54. The van der Waals surface area contributed by atoms with E-state index in [9.17, 15) is 0 Å². The number of aryl methyl sites for hydroxylation is 1. The molecule has 0 saturated carbocycles. The van der Waals surface area contributed by atoms with Gasteiger partial charge in [-0.1, -0.05) is 0 Å². The Labute approximate surface area is 97.6 Å². The molecule has 0 unspecified atom stereocenters. The van der Waals surface area contributed by atoms with Crippen LogP contribution >= 0.6 is 0 Å². The molecule has 1 aromatic rings. The van der Waals surface area contributed by atoms with E-state index in [1.165, 1.54) is 25.9 Å². The van der Waals surface area contributed by atoms with E-state index < -0.39 is 0 Å². The van der Waals surface area contributed by atoms with Gasteiger partial charge in [0.05, 0.1) is 0 Å². The molecule has 0 bridgehead atoms. The molecule has 2 rings (SSSR count). The summed E-state index contributed by atoms with van der Waals surface area (Å²) in [5.74, 6) is 2.96. The molecule has 0 radical (unpaired) electrons. The SMILES string of the molecule is Cc1ccc(CCNCC2CCNCC2)o1. The van der Waals surface area contributed by atoms with Crippen LogP contribution in [0.3, 0.4) is 0 Å². The van der Waals surface area contributed by atoms with E-state index in [1.807, 2.05) is 13.0 Å². The summed E-state index contributed by atoms with van der Waals surface area (Å²) >= 11 is 0. The zero-order valence-corrected chi connectivity index (χ0v) is 10.1. The Hall–Kier alpha value is -0.800. The molecule has 2 N–H and O–H groups in total. The van der Waals surface area contributed by atoms with Gasteiger partial charge in [0.25, 0.3) is 0 Å². The first-order chi connectivity index (χ1) is 7.84. The Morgan fingerprint density at radius 1 is 1.38 bits per heavy atom. The number of rotatable bonds is 5. The molecule has 3 heteroatoms. The van der Waals surface area contributed by atoms with Gasteiger partial charge in [0.15, 0.2) is 0 Å². The normalized spacial score (nSPS) is 17.8. The maximum atomic E-state index is 5.53. The van der Waals surface area contributed by atoms with Crippen LogP contribution in [-0.4, -0.2) is 26.2 Å². The second kappa shape index (κ2) is 6.06. The van der Waals surface area contributed by atoms with E-state index in [-0.39, 0.29) is 0 Å². The fraction of sp³-hybridized carbons (Fsp3) is 0.692. The summed E-state index contributed by atoms with van der Waals surface area (Å²) in [4.78, 5) is 0. The number of nitrogens with one attached hydrogen (secondary N) is 2. The smallest absolute Gasteiger partial charge is 0.105 e. The van der Waals surface area contributed by atoms with Crippen molar-refractivity contribution in [2.75, 3.05) is 26.2 Å². The van der Waals surface area contributed by atoms with Crippen molar-refractivity contribution in [3.05, 3.63) is 23.7 Å². The van der Waals surface area contributed by atoms with Gasteiger partial charge >= 0.3 is 0 Å². The third kappa shape index (κ3) is 3.65. The Bertz CT molecular complexity index is 303. The van der Waals surface area contributed by atoms with Gasteiger partial charge in [0, 0.05) is 13.0 Å². The predicted octanol–water partition coefficient (Wildman–Crippen LogP) is 1.72. The van der Waals surface area contributed by atoms with Crippen LogP contribution in [-0.2, 0) is 6.42 Å². The Balaban J connectivity index is 1.57. The quantitative estimate of drug-likeness (QED) is 0.745. The molecule has 0 aliphatic carbocycles. The van der Waals surface area contributed by atoms with Crippen molar-refractivity contribution in [2.45, 2.75) is 26.2 Å². The van der Waals surface area contributed by atoms with Crippen LogP contribution in [0, 0.1) is 12.8 Å². The first-order valence-corrected chi connectivity index (χ1v) is 6.31. The molecule has 16 heavy (non-hydrogen) atoms. The largest absolute Gasteiger partial charge is 0.466 e. The number of furan rings is 1. The molecule has 1 aliphatic heterocycles. The zero-order chi connectivity index (χ0) is 11.2. The van der Waals surface area contributed by atoms with Gasteiger partial charge in [-0.05, 0) is 57.5 Å². The van der Waals surface area contributed by atoms with Gasteiger partial charge in [-0.15, -0.1) is 0 Å². The molecule has 0 aromatic carbocycles. The summed E-state index contributed by atoms with van der Waals surface area (Å²) in [6.07, 6.45) is 3.62. The van der Waals surface area contributed by atoms with Crippen LogP contribution in [0.25, 0.3) is 0 Å². The minimum Gasteiger partial charge on any atom is -0.466 e. The Kier molecular flexibility index (Phi) is 4.43. The molecule has 0 spiro atoms. The molecule has 0 amide bonds. The van der Waals surface area contributed by atoms with Crippen molar-refractivity contribution in [3.8, 4) is 0 Å². The van der Waals surface area contributed by atoms with Gasteiger partial charge in [0.1, 0.15) is 11.5 Å². The summed E-state index contributed by atoms with van der Waals surface area (Å²) in [7, 11) is 0. The summed E-state index contributed by atoms with van der Waals surface area (Å²) < 4.78 is 5.53. The molecule has 1 fully saturated rings. The van der Waals surface area contributed by atoms with Crippen molar-refractivity contribution in [1.82, 2.24) is 10.6 Å². The van der Waals surface area contributed by atoms with Crippen LogP contribution in [0.15, 0.2) is 16.5 Å². The van der Waals surface area contributed by atoms with Crippen LogP contribution in [0.2, 0.25) is 0 Å². The monoisotopic (exact) mass is 222 g/mol. The summed E-state index contributed by atoms with van der Waals surface area (Å²) in [5, 5.41) is 6.92. The average molecular weight is 222 g/mol. The van der Waals surface area contributed by atoms with E-state index in [4.69, 9.17) is 4.42 Å². The third-order valence-corrected chi connectivity index (χ3v) is 3.24. The van der Waals surface area contributed by atoms with E-state index >= 15 is 0 Å². The van der Waals surface area contributed by atoms with Crippen LogP contribution in [0.4, 0.5) is 0 Å². The van der Waals surface area contributed by atoms with E-state index in [1.54, 1.807) is 0 Å². The van der Waals surface area contributed by atoms with Gasteiger partial charge in [-0.25, -0.2) is 0 Å². The Morgan fingerprint density at radius 3 is 2.88 bits per heavy atom.